The summed E-state index contributed by atoms with van der Waals surface area (Å²) in [6.45, 7) is 2.56. The second-order valence-electron chi connectivity index (χ2n) is 8.18. The number of hydrogen-bond donors (Lipinski definition) is 3. The van der Waals surface area contributed by atoms with Gasteiger partial charge in [0.1, 0.15) is 5.82 Å². The topological polar surface area (TPSA) is 84.5 Å². The summed E-state index contributed by atoms with van der Waals surface area (Å²) in [7, 11) is 0. The SMILES string of the molecule is O=C(/C=C/c1ccc(N[C@]2(Cc3ccccc3)CCNC2)nc1)NOC1CCCCO1. The van der Waals surface area contributed by atoms with E-state index in [2.05, 4.69) is 45.4 Å². The number of benzene rings is 1. The average molecular weight is 423 g/mol. The molecule has 3 heterocycles. The zero-order valence-corrected chi connectivity index (χ0v) is 17.7. The molecule has 31 heavy (non-hydrogen) atoms. The molecule has 2 aliphatic rings. The van der Waals surface area contributed by atoms with Crippen LogP contribution in [-0.2, 0) is 20.8 Å². The molecular formula is C24H30N4O3. The van der Waals surface area contributed by atoms with Crippen molar-refractivity contribution in [3.63, 3.8) is 0 Å². The minimum absolute atomic E-state index is 0.0515. The standard InChI is InChI=1S/C24H30N4O3/c29-22(28-31-23-8-4-5-15-30-23)12-10-20-9-11-21(26-17-20)27-24(13-14-25-18-24)16-19-6-2-1-3-7-19/h1-3,6-7,9-12,17,23,25H,4-5,8,13-16,18H2,(H,26,27)(H,28,29)/b12-10+/t23?,24-/m0/s1. The van der Waals surface area contributed by atoms with Gasteiger partial charge < -0.3 is 15.4 Å². The smallest absolute Gasteiger partial charge is 0.267 e. The van der Waals surface area contributed by atoms with Crippen LogP contribution in [0.5, 0.6) is 0 Å². The number of anilines is 1. The lowest BCUT2D eigenvalue weighted by molar-refractivity contribution is -0.198. The third-order valence-corrected chi connectivity index (χ3v) is 5.66. The fourth-order valence-corrected chi connectivity index (χ4v) is 4.02. The van der Waals surface area contributed by atoms with Crippen LogP contribution >= 0.6 is 0 Å². The third-order valence-electron chi connectivity index (χ3n) is 5.66. The van der Waals surface area contributed by atoms with E-state index in [1.807, 2.05) is 18.2 Å². The maximum atomic E-state index is 12.0. The van der Waals surface area contributed by atoms with Crippen LogP contribution in [0.1, 0.15) is 36.8 Å². The Labute approximate surface area is 183 Å². The average Bonchev–Trinajstić information content (AvgIpc) is 3.26. The van der Waals surface area contributed by atoms with E-state index in [0.29, 0.717) is 6.61 Å². The Balaban J connectivity index is 1.30. The highest BCUT2D eigenvalue weighted by Crippen LogP contribution is 2.25. The van der Waals surface area contributed by atoms with E-state index in [1.165, 1.54) is 11.6 Å². The van der Waals surface area contributed by atoms with Crippen LogP contribution in [0.4, 0.5) is 5.82 Å². The van der Waals surface area contributed by atoms with Gasteiger partial charge in [-0.25, -0.2) is 15.3 Å². The fraction of sp³-hybridized carbons (Fsp3) is 0.417. The van der Waals surface area contributed by atoms with Crippen LogP contribution in [0.15, 0.2) is 54.7 Å². The first-order valence-corrected chi connectivity index (χ1v) is 11.0. The second kappa shape index (κ2) is 10.5. The summed E-state index contributed by atoms with van der Waals surface area (Å²) in [5.41, 5.74) is 4.52. The first kappa shape index (κ1) is 21.5. The molecule has 4 rings (SSSR count). The van der Waals surface area contributed by atoms with Gasteiger partial charge in [0, 0.05) is 31.8 Å². The molecule has 1 unspecified atom stereocenters. The molecule has 0 bridgehead atoms. The normalized spacial score (nSPS) is 23.7. The number of rotatable bonds is 8. The van der Waals surface area contributed by atoms with Crippen molar-refractivity contribution in [1.82, 2.24) is 15.8 Å². The Kier molecular flexibility index (Phi) is 7.30. The highest BCUT2D eigenvalue weighted by Gasteiger charge is 2.34. The number of nitrogens with one attached hydrogen (secondary N) is 3. The van der Waals surface area contributed by atoms with E-state index in [-0.39, 0.29) is 17.7 Å². The van der Waals surface area contributed by atoms with Crippen LogP contribution in [0, 0.1) is 0 Å². The van der Waals surface area contributed by atoms with Crippen LogP contribution in [-0.4, -0.2) is 42.4 Å². The summed E-state index contributed by atoms with van der Waals surface area (Å²) in [5.74, 6) is 0.509. The summed E-state index contributed by atoms with van der Waals surface area (Å²) in [6.07, 6.45) is 9.41. The predicted molar refractivity (Wildman–Crippen MR) is 120 cm³/mol. The lowest BCUT2D eigenvalue weighted by Crippen LogP contribution is -2.43. The van der Waals surface area contributed by atoms with Gasteiger partial charge in [0.25, 0.3) is 5.91 Å². The zero-order valence-electron chi connectivity index (χ0n) is 17.7. The first-order chi connectivity index (χ1) is 15.2. The van der Waals surface area contributed by atoms with E-state index in [4.69, 9.17) is 9.57 Å². The highest BCUT2D eigenvalue weighted by molar-refractivity contribution is 5.90. The molecular weight excluding hydrogens is 392 g/mol. The van der Waals surface area contributed by atoms with Gasteiger partial charge in [0.05, 0.1) is 5.54 Å². The molecule has 1 aromatic carbocycles. The van der Waals surface area contributed by atoms with E-state index in [9.17, 15) is 4.79 Å². The van der Waals surface area contributed by atoms with Crippen molar-refractivity contribution >= 4 is 17.8 Å². The quantitative estimate of drug-likeness (QED) is 0.448. The van der Waals surface area contributed by atoms with E-state index < -0.39 is 0 Å². The first-order valence-electron chi connectivity index (χ1n) is 11.0. The summed E-state index contributed by atoms with van der Waals surface area (Å²) in [6, 6.07) is 14.4. The monoisotopic (exact) mass is 422 g/mol. The summed E-state index contributed by atoms with van der Waals surface area (Å²) in [4.78, 5) is 21.8. The van der Waals surface area contributed by atoms with Gasteiger partial charge in [-0.15, -0.1) is 0 Å². The molecule has 7 nitrogen and oxygen atoms in total. The molecule has 2 aromatic rings. The van der Waals surface area contributed by atoms with Crippen molar-refractivity contribution in [2.45, 2.75) is 43.9 Å². The van der Waals surface area contributed by atoms with Gasteiger partial charge >= 0.3 is 0 Å². The lowest BCUT2D eigenvalue weighted by Gasteiger charge is -2.30. The predicted octanol–water partition coefficient (Wildman–Crippen LogP) is 3.06. The molecule has 7 heteroatoms. The number of ether oxygens (including phenoxy) is 1. The maximum Gasteiger partial charge on any atom is 0.267 e. The third kappa shape index (κ3) is 6.37. The van der Waals surface area contributed by atoms with Crippen molar-refractivity contribution in [2.24, 2.45) is 0 Å². The van der Waals surface area contributed by atoms with Gasteiger partial charge in [-0.05, 0) is 61.6 Å². The Morgan fingerprint density at radius 3 is 2.87 bits per heavy atom. The van der Waals surface area contributed by atoms with Crippen molar-refractivity contribution in [2.75, 3.05) is 25.0 Å². The molecule has 0 radical (unpaired) electrons. The van der Waals surface area contributed by atoms with Gasteiger partial charge in [-0.1, -0.05) is 30.3 Å². The van der Waals surface area contributed by atoms with Crippen molar-refractivity contribution in [3.05, 3.63) is 65.9 Å². The van der Waals surface area contributed by atoms with E-state index in [0.717, 1.165) is 56.6 Å². The van der Waals surface area contributed by atoms with Gasteiger partial charge in [0.15, 0.2) is 6.29 Å². The van der Waals surface area contributed by atoms with Gasteiger partial charge in [-0.3, -0.25) is 4.79 Å². The molecule has 1 aromatic heterocycles. The number of aromatic nitrogens is 1. The summed E-state index contributed by atoms with van der Waals surface area (Å²) < 4.78 is 5.42. The van der Waals surface area contributed by atoms with Gasteiger partial charge in [0.2, 0.25) is 0 Å². The number of pyridine rings is 1. The fourth-order valence-electron chi connectivity index (χ4n) is 4.02. The van der Waals surface area contributed by atoms with Crippen LogP contribution < -0.4 is 16.1 Å². The number of carbonyl (C=O) groups excluding carboxylic acids is 1. The number of nitrogens with zero attached hydrogens (tertiary/aromatic N) is 1. The summed E-state index contributed by atoms with van der Waals surface area (Å²) in [5, 5.41) is 7.11. The zero-order chi connectivity index (χ0) is 21.4. The van der Waals surface area contributed by atoms with Crippen LogP contribution in [0.2, 0.25) is 0 Å². The molecule has 0 aliphatic carbocycles. The van der Waals surface area contributed by atoms with Crippen LogP contribution in [0.25, 0.3) is 6.08 Å². The Bertz CT molecular complexity index is 858. The van der Waals surface area contributed by atoms with Crippen molar-refractivity contribution in [1.29, 1.82) is 0 Å². The largest absolute Gasteiger partial charge is 0.363 e. The molecule has 164 valence electrons. The minimum Gasteiger partial charge on any atom is -0.363 e. The van der Waals surface area contributed by atoms with E-state index >= 15 is 0 Å². The molecule has 2 aliphatic heterocycles. The highest BCUT2D eigenvalue weighted by atomic mass is 16.8. The van der Waals surface area contributed by atoms with E-state index in [1.54, 1.807) is 12.3 Å². The summed E-state index contributed by atoms with van der Waals surface area (Å²) >= 11 is 0. The molecule has 2 saturated heterocycles. The molecule has 1 amide bonds. The number of amides is 1. The maximum absolute atomic E-state index is 12.0. The molecule has 0 saturated carbocycles. The molecule has 2 atom stereocenters. The van der Waals surface area contributed by atoms with Gasteiger partial charge in [-0.2, -0.15) is 0 Å². The number of hydrogen-bond acceptors (Lipinski definition) is 6. The lowest BCUT2D eigenvalue weighted by atomic mass is 9.90. The molecule has 2 fully saturated rings. The number of hydroxylamine groups is 1. The Morgan fingerprint density at radius 1 is 1.26 bits per heavy atom. The minimum atomic E-state index is -0.355. The second-order valence-corrected chi connectivity index (χ2v) is 8.18. The number of carbonyl (C=O) groups is 1. The van der Waals surface area contributed by atoms with Crippen LogP contribution in [0.3, 0.4) is 0 Å². The Morgan fingerprint density at radius 2 is 2.16 bits per heavy atom. The molecule has 0 spiro atoms. The molecule has 3 N–H and O–H groups in total. The Hall–Kier alpha value is -2.74. The van der Waals surface area contributed by atoms with Crippen molar-refractivity contribution < 1.29 is 14.4 Å². The van der Waals surface area contributed by atoms with Crippen molar-refractivity contribution in [3.8, 4) is 0 Å².